The van der Waals surface area contributed by atoms with Crippen LogP contribution in [0.25, 0.3) is 0 Å². The lowest BCUT2D eigenvalue weighted by Crippen LogP contribution is -2.42. The Balaban J connectivity index is 1.67. The molecule has 2 aromatic carbocycles. The Morgan fingerprint density at radius 1 is 1.03 bits per heavy atom. The van der Waals surface area contributed by atoms with Gasteiger partial charge >= 0.3 is 6.18 Å². The maximum atomic E-state index is 12.8. The summed E-state index contributed by atoms with van der Waals surface area (Å²) in [5, 5.41) is 0. The molecule has 1 aliphatic heterocycles. The van der Waals surface area contributed by atoms with Crippen molar-refractivity contribution < 1.29 is 17.9 Å². The molecule has 0 bridgehead atoms. The van der Waals surface area contributed by atoms with E-state index in [0.29, 0.717) is 24.2 Å². The quantitative estimate of drug-likeness (QED) is 0.369. The molecule has 0 aromatic heterocycles. The summed E-state index contributed by atoms with van der Waals surface area (Å²) in [6.07, 6.45) is 0.378. The van der Waals surface area contributed by atoms with Gasteiger partial charge in [-0.3, -0.25) is 0 Å². The Morgan fingerprint density at radius 2 is 1.73 bits per heavy atom. The van der Waals surface area contributed by atoms with Crippen LogP contribution in [-0.2, 0) is 6.18 Å². The van der Waals surface area contributed by atoms with Crippen molar-refractivity contribution in [1.29, 1.82) is 0 Å². The second-order valence-electron chi connectivity index (χ2n) is 8.05. The molecule has 0 amide bonds. The van der Waals surface area contributed by atoms with Gasteiger partial charge in [-0.05, 0) is 73.8 Å². The molecule has 2 aromatic rings. The number of unbranched alkanes of at least 4 members (excludes halogenated alkanes) is 2. The van der Waals surface area contributed by atoms with Gasteiger partial charge in [0.2, 0.25) is 0 Å². The van der Waals surface area contributed by atoms with Gasteiger partial charge in [0.25, 0.3) is 0 Å². The minimum Gasteiger partial charge on any atom is -0.493 e. The summed E-state index contributed by atoms with van der Waals surface area (Å²) in [5.74, 6) is 1.17. The second-order valence-corrected chi connectivity index (χ2v) is 8.96. The fourth-order valence-corrected chi connectivity index (χ4v) is 4.42. The number of rotatable bonds is 8. The first-order valence-corrected chi connectivity index (χ1v) is 11.4. The lowest BCUT2D eigenvalue weighted by Gasteiger charge is -2.39. The molecular formula is C24H29BrF3NO. The fraction of sp³-hybridized carbons (Fsp3) is 0.500. The SMILES string of the molecule is CCCCCN1CC[C@@H](c2ccc(Br)cc2)[C@H](COc2ccc(C(F)(F)F)cc2)C1. The molecule has 30 heavy (non-hydrogen) atoms. The molecule has 3 rings (SSSR count). The zero-order valence-corrected chi connectivity index (χ0v) is 18.9. The minimum absolute atomic E-state index is 0.295. The number of ether oxygens (including phenoxy) is 1. The lowest BCUT2D eigenvalue weighted by molar-refractivity contribution is -0.137. The Kier molecular flexibility index (Phi) is 8.23. The molecule has 1 fully saturated rings. The van der Waals surface area contributed by atoms with E-state index in [2.05, 4.69) is 52.0 Å². The van der Waals surface area contributed by atoms with Gasteiger partial charge in [0, 0.05) is 16.9 Å². The van der Waals surface area contributed by atoms with Crippen molar-refractivity contribution in [3.63, 3.8) is 0 Å². The zero-order chi connectivity index (χ0) is 21.6. The Bertz CT molecular complexity index is 777. The predicted molar refractivity (Wildman–Crippen MR) is 118 cm³/mol. The molecule has 0 saturated carbocycles. The molecule has 0 N–H and O–H groups in total. The largest absolute Gasteiger partial charge is 0.493 e. The standard InChI is InChI=1S/C24H29BrF3NO/c1-2-3-4-14-29-15-13-23(18-5-9-21(25)10-6-18)19(16-29)17-30-22-11-7-20(8-12-22)24(26,27)28/h5-12,19,23H,2-4,13-17H2,1H3/t19-,23-/m0/s1. The number of benzene rings is 2. The molecule has 0 radical (unpaired) electrons. The van der Waals surface area contributed by atoms with E-state index in [1.54, 1.807) is 0 Å². The summed E-state index contributed by atoms with van der Waals surface area (Å²) in [5.41, 5.74) is 0.648. The summed E-state index contributed by atoms with van der Waals surface area (Å²) in [6, 6.07) is 13.4. The molecule has 0 aliphatic carbocycles. The van der Waals surface area contributed by atoms with E-state index in [9.17, 15) is 13.2 Å². The summed E-state index contributed by atoms with van der Waals surface area (Å²) >= 11 is 3.50. The Labute approximate surface area is 185 Å². The number of alkyl halides is 3. The first-order valence-electron chi connectivity index (χ1n) is 10.6. The Morgan fingerprint density at radius 3 is 2.37 bits per heavy atom. The number of halogens is 4. The van der Waals surface area contributed by atoms with E-state index in [0.717, 1.165) is 42.7 Å². The first kappa shape index (κ1) is 23.1. The third kappa shape index (κ3) is 6.48. The van der Waals surface area contributed by atoms with Crippen molar-refractivity contribution in [2.24, 2.45) is 5.92 Å². The van der Waals surface area contributed by atoms with Crippen molar-refractivity contribution in [3.8, 4) is 5.75 Å². The van der Waals surface area contributed by atoms with Gasteiger partial charge in [-0.2, -0.15) is 13.2 Å². The lowest BCUT2D eigenvalue weighted by atomic mass is 9.81. The summed E-state index contributed by atoms with van der Waals surface area (Å²) in [6.45, 7) is 5.82. The molecule has 2 atom stereocenters. The summed E-state index contributed by atoms with van der Waals surface area (Å²) in [4.78, 5) is 2.51. The predicted octanol–water partition coefficient (Wildman–Crippen LogP) is 7.14. The van der Waals surface area contributed by atoms with Crippen LogP contribution in [0.1, 0.15) is 49.7 Å². The average Bonchev–Trinajstić information content (AvgIpc) is 2.73. The third-order valence-corrected chi connectivity index (χ3v) is 6.37. The van der Waals surface area contributed by atoms with Crippen LogP contribution >= 0.6 is 15.9 Å². The number of nitrogens with zero attached hydrogens (tertiary/aromatic N) is 1. The molecule has 1 saturated heterocycles. The van der Waals surface area contributed by atoms with Gasteiger partial charge in [-0.15, -0.1) is 0 Å². The van der Waals surface area contributed by atoms with Crippen LogP contribution in [0.3, 0.4) is 0 Å². The van der Waals surface area contributed by atoms with E-state index >= 15 is 0 Å². The maximum Gasteiger partial charge on any atom is 0.416 e. The van der Waals surface area contributed by atoms with Crippen LogP contribution in [0.2, 0.25) is 0 Å². The van der Waals surface area contributed by atoms with E-state index in [1.807, 2.05) is 0 Å². The number of likely N-dealkylation sites (tertiary alicyclic amines) is 1. The topological polar surface area (TPSA) is 12.5 Å². The number of hydrogen-bond donors (Lipinski definition) is 0. The number of piperidine rings is 1. The van der Waals surface area contributed by atoms with Crippen LogP contribution in [0.4, 0.5) is 13.2 Å². The fourth-order valence-electron chi connectivity index (χ4n) is 4.16. The van der Waals surface area contributed by atoms with E-state index < -0.39 is 11.7 Å². The van der Waals surface area contributed by atoms with E-state index in [1.165, 1.54) is 37.0 Å². The third-order valence-electron chi connectivity index (χ3n) is 5.84. The van der Waals surface area contributed by atoms with Crippen LogP contribution in [0.15, 0.2) is 53.0 Å². The van der Waals surface area contributed by atoms with E-state index in [4.69, 9.17) is 4.74 Å². The van der Waals surface area contributed by atoms with Gasteiger partial charge in [0.15, 0.2) is 0 Å². The highest BCUT2D eigenvalue weighted by Gasteiger charge is 2.32. The van der Waals surface area contributed by atoms with Crippen molar-refractivity contribution in [2.75, 3.05) is 26.2 Å². The summed E-state index contributed by atoms with van der Waals surface area (Å²) < 4.78 is 45.4. The van der Waals surface area contributed by atoms with Gasteiger partial charge in [0.1, 0.15) is 5.75 Å². The normalized spacial score (nSPS) is 20.3. The average molecular weight is 484 g/mol. The number of hydrogen-bond acceptors (Lipinski definition) is 2. The highest BCUT2D eigenvalue weighted by atomic mass is 79.9. The molecule has 6 heteroatoms. The van der Waals surface area contributed by atoms with Crippen molar-refractivity contribution >= 4 is 15.9 Å². The maximum absolute atomic E-state index is 12.8. The monoisotopic (exact) mass is 483 g/mol. The van der Waals surface area contributed by atoms with Gasteiger partial charge < -0.3 is 9.64 Å². The van der Waals surface area contributed by atoms with Gasteiger partial charge in [-0.1, -0.05) is 47.8 Å². The molecule has 0 unspecified atom stereocenters. The molecule has 2 nitrogen and oxygen atoms in total. The van der Waals surface area contributed by atoms with E-state index in [-0.39, 0.29) is 0 Å². The molecule has 0 spiro atoms. The highest BCUT2D eigenvalue weighted by molar-refractivity contribution is 9.10. The van der Waals surface area contributed by atoms with Crippen LogP contribution in [-0.4, -0.2) is 31.1 Å². The van der Waals surface area contributed by atoms with Gasteiger partial charge in [0.05, 0.1) is 12.2 Å². The second kappa shape index (κ2) is 10.7. The molecule has 164 valence electrons. The highest BCUT2D eigenvalue weighted by Crippen LogP contribution is 2.35. The van der Waals surface area contributed by atoms with Gasteiger partial charge in [-0.25, -0.2) is 0 Å². The van der Waals surface area contributed by atoms with Crippen LogP contribution in [0, 0.1) is 5.92 Å². The zero-order valence-electron chi connectivity index (χ0n) is 17.3. The molecular weight excluding hydrogens is 455 g/mol. The smallest absolute Gasteiger partial charge is 0.416 e. The van der Waals surface area contributed by atoms with Crippen LogP contribution < -0.4 is 4.74 Å². The van der Waals surface area contributed by atoms with Crippen molar-refractivity contribution in [2.45, 2.75) is 44.7 Å². The van der Waals surface area contributed by atoms with Crippen molar-refractivity contribution in [3.05, 3.63) is 64.1 Å². The summed E-state index contributed by atoms with van der Waals surface area (Å²) in [7, 11) is 0. The van der Waals surface area contributed by atoms with Crippen molar-refractivity contribution in [1.82, 2.24) is 4.90 Å². The first-order chi connectivity index (χ1) is 14.4. The molecule has 1 aliphatic rings. The van der Waals surface area contributed by atoms with Crippen LogP contribution in [0.5, 0.6) is 5.75 Å². The minimum atomic E-state index is -4.33. The molecule has 1 heterocycles. The Hall–Kier alpha value is -1.53.